The van der Waals surface area contributed by atoms with Crippen molar-refractivity contribution < 1.29 is 4.92 Å². The summed E-state index contributed by atoms with van der Waals surface area (Å²) >= 11 is 0. The van der Waals surface area contributed by atoms with Gasteiger partial charge in [-0.1, -0.05) is 6.42 Å². The molecule has 2 N–H and O–H groups in total. The van der Waals surface area contributed by atoms with Gasteiger partial charge in [-0.25, -0.2) is 4.98 Å². The fourth-order valence-corrected chi connectivity index (χ4v) is 3.20. The summed E-state index contributed by atoms with van der Waals surface area (Å²) in [7, 11) is 0. The molecule has 110 valence electrons. The lowest BCUT2D eigenvalue weighted by Gasteiger charge is -2.33. The van der Waals surface area contributed by atoms with Gasteiger partial charge in [0.25, 0.3) is 5.69 Å². The van der Waals surface area contributed by atoms with Crippen LogP contribution in [0.1, 0.15) is 31.7 Å². The third-order valence-corrected chi connectivity index (χ3v) is 4.18. The highest BCUT2D eigenvalue weighted by Gasteiger charge is 2.32. The first kappa shape index (κ1) is 14.7. The van der Waals surface area contributed by atoms with Gasteiger partial charge in [-0.15, -0.1) is 0 Å². The number of nitrogens with two attached hydrogens (primary N) is 1. The maximum Gasteiger partial charge on any atom is 0.287 e. The monoisotopic (exact) mass is 278 g/mol. The van der Waals surface area contributed by atoms with E-state index in [1.807, 2.05) is 6.92 Å². The number of aromatic nitrogens is 1. The molecule has 6 nitrogen and oxygen atoms in total. The maximum absolute atomic E-state index is 10.8. The van der Waals surface area contributed by atoms with Crippen molar-refractivity contribution in [2.24, 2.45) is 11.7 Å². The van der Waals surface area contributed by atoms with Crippen LogP contribution in [0, 0.1) is 23.0 Å². The van der Waals surface area contributed by atoms with Gasteiger partial charge in [0, 0.05) is 18.7 Å². The number of hydrogen-bond donors (Lipinski definition) is 1. The van der Waals surface area contributed by atoms with Crippen LogP contribution < -0.4 is 10.6 Å². The number of aryl methyl sites for hydroxylation is 1. The Balaban J connectivity index is 2.30. The van der Waals surface area contributed by atoms with Crippen molar-refractivity contribution in [2.75, 3.05) is 18.0 Å². The van der Waals surface area contributed by atoms with Crippen LogP contribution in [0.4, 0.5) is 11.5 Å². The van der Waals surface area contributed by atoms with E-state index in [0.717, 1.165) is 30.8 Å². The Morgan fingerprint density at radius 3 is 2.85 bits per heavy atom. The average molecular weight is 278 g/mol. The van der Waals surface area contributed by atoms with Crippen molar-refractivity contribution in [1.82, 2.24) is 4.98 Å². The Labute approximate surface area is 119 Å². The van der Waals surface area contributed by atoms with E-state index in [2.05, 4.69) is 16.8 Å². The van der Waals surface area contributed by atoms with Crippen molar-refractivity contribution >= 4 is 11.5 Å². The Morgan fingerprint density at radius 1 is 1.55 bits per heavy atom. The molecule has 1 aromatic heterocycles. The summed E-state index contributed by atoms with van der Waals surface area (Å²) in [6.07, 6.45) is 4.81. The zero-order chi connectivity index (χ0) is 14.7. The zero-order valence-corrected chi connectivity index (χ0v) is 12.1. The summed E-state index contributed by atoms with van der Waals surface area (Å²) in [5, 5.41) is 10.8. The van der Waals surface area contributed by atoms with Gasteiger partial charge >= 0.3 is 0 Å². The van der Waals surface area contributed by atoms with Crippen molar-refractivity contribution in [3.05, 3.63) is 27.9 Å². The van der Waals surface area contributed by atoms with Crippen molar-refractivity contribution in [1.29, 1.82) is 0 Å². The molecule has 6 heteroatoms. The van der Waals surface area contributed by atoms with E-state index in [1.165, 1.54) is 12.6 Å². The van der Waals surface area contributed by atoms with E-state index in [1.54, 1.807) is 6.07 Å². The second-order valence-corrected chi connectivity index (χ2v) is 5.37. The van der Waals surface area contributed by atoms with E-state index in [-0.39, 0.29) is 5.69 Å². The van der Waals surface area contributed by atoms with Crippen LogP contribution in [0.2, 0.25) is 0 Å². The molecule has 0 bridgehead atoms. The molecular weight excluding hydrogens is 256 g/mol. The number of pyridine rings is 1. The summed E-state index contributed by atoms with van der Waals surface area (Å²) in [6, 6.07) is 2.00. The normalized spacial score (nSPS) is 21.9. The topological polar surface area (TPSA) is 85.3 Å². The number of anilines is 1. The molecule has 1 heterocycles. The minimum atomic E-state index is -0.404. The predicted octanol–water partition coefficient (Wildman–Crippen LogP) is 2.25. The predicted molar refractivity (Wildman–Crippen MR) is 78.8 cm³/mol. The quantitative estimate of drug-likeness (QED) is 0.659. The summed E-state index contributed by atoms with van der Waals surface area (Å²) in [5.74, 6) is 1.34. The number of rotatable bonds is 5. The first-order valence-electron chi connectivity index (χ1n) is 7.16. The van der Waals surface area contributed by atoms with E-state index in [0.29, 0.717) is 18.5 Å². The smallest absolute Gasteiger partial charge is 0.287 e. The minimum Gasteiger partial charge on any atom is -0.353 e. The first-order chi connectivity index (χ1) is 9.58. The molecule has 0 aromatic carbocycles. The van der Waals surface area contributed by atoms with Crippen LogP contribution in [0.15, 0.2) is 12.3 Å². The van der Waals surface area contributed by atoms with Gasteiger partial charge in [-0.2, -0.15) is 0 Å². The van der Waals surface area contributed by atoms with Crippen molar-refractivity contribution in [3.8, 4) is 0 Å². The van der Waals surface area contributed by atoms with Gasteiger partial charge in [0.2, 0.25) is 0 Å². The molecule has 0 aliphatic heterocycles. The second-order valence-electron chi connectivity index (χ2n) is 5.37. The molecule has 1 fully saturated rings. The summed E-state index contributed by atoms with van der Waals surface area (Å²) in [5.41, 5.74) is 6.76. The van der Waals surface area contributed by atoms with Crippen LogP contribution in [-0.2, 0) is 0 Å². The Morgan fingerprint density at radius 2 is 2.30 bits per heavy atom. The van der Waals surface area contributed by atoms with E-state index in [4.69, 9.17) is 5.73 Å². The molecule has 2 rings (SSSR count). The molecule has 0 radical (unpaired) electrons. The van der Waals surface area contributed by atoms with Gasteiger partial charge in [-0.05, 0) is 44.7 Å². The van der Waals surface area contributed by atoms with Gasteiger partial charge in [-0.3, -0.25) is 10.1 Å². The van der Waals surface area contributed by atoms with Crippen LogP contribution in [0.25, 0.3) is 0 Å². The average Bonchev–Trinajstić information content (AvgIpc) is 2.89. The lowest BCUT2D eigenvalue weighted by Crippen LogP contribution is -2.41. The molecule has 0 spiro atoms. The fourth-order valence-electron chi connectivity index (χ4n) is 3.20. The molecule has 1 aliphatic rings. The number of hydrogen-bond acceptors (Lipinski definition) is 5. The summed E-state index contributed by atoms with van der Waals surface area (Å²) in [4.78, 5) is 17.0. The van der Waals surface area contributed by atoms with Gasteiger partial charge < -0.3 is 10.6 Å². The molecule has 1 saturated carbocycles. The van der Waals surface area contributed by atoms with E-state index < -0.39 is 4.92 Å². The van der Waals surface area contributed by atoms with Crippen molar-refractivity contribution in [2.45, 2.75) is 39.2 Å². The molecule has 0 saturated heterocycles. The molecule has 1 aliphatic carbocycles. The van der Waals surface area contributed by atoms with Gasteiger partial charge in [0.05, 0.1) is 4.92 Å². The highest BCUT2D eigenvalue weighted by Crippen LogP contribution is 2.33. The summed E-state index contributed by atoms with van der Waals surface area (Å²) < 4.78 is 0. The third-order valence-electron chi connectivity index (χ3n) is 4.18. The fraction of sp³-hybridized carbons (Fsp3) is 0.643. The lowest BCUT2D eigenvalue weighted by molar-refractivity contribution is -0.385. The van der Waals surface area contributed by atoms with Crippen LogP contribution in [0.5, 0.6) is 0 Å². The Bertz CT molecular complexity index is 492. The largest absolute Gasteiger partial charge is 0.353 e. The third kappa shape index (κ3) is 2.75. The van der Waals surface area contributed by atoms with Crippen molar-refractivity contribution in [3.63, 3.8) is 0 Å². The summed E-state index contributed by atoms with van der Waals surface area (Å²) in [6.45, 7) is 5.50. The SMILES string of the molecule is CCN(c1ncc([N+](=O)[O-])cc1C)C1CCCC1CN. The Hall–Kier alpha value is -1.69. The highest BCUT2D eigenvalue weighted by atomic mass is 16.6. The highest BCUT2D eigenvalue weighted by molar-refractivity contribution is 5.51. The molecule has 2 unspecified atom stereocenters. The van der Waals surface area contributed by atoms with Crippen LogP contribution in [0.3, 0.4) is 0 Å². The molecule has 1 aromatic rings. The van der Waals surface area contributed by atoms with Crippen LogP contribution >= 0.6 is 0 Å². The molecule has 20 heavy (non-hydrogen) atoms. The number of nitrogens with zero attached hydrogens (tertiary/aromatic N) is 3. The molecular formula is C14H22N4O2. The standard InChI is InChI=1S/C14H22N4O2/c1-3-17(13-6-4-5-11(13)8-15)14-10(2)7-12(9-16-14)18(19)20/h7,9,11,13H,3-6,8,15H2,1-2H3. The first-order valence-corrected chi connectivity index (χ1v) is 7.16. The molecule has 2 atom stereocenters. The minimum absolute atomic E-state index is 0.0455. The lowest BCUT2D eigenvalue weighted by atomic mass is 10.0. The maximum atomic E-state index is 10.8. The van der Waals surface area contributed by atoms with E-state index in [9.17, 15) is 10.1 Å². The zero-order valence-electron chi connectivity index (χ0n) is 12.1. The van der Waals surface area contributed by atoms with Gasteiger partial charge in [0.1, 0.15) is 12.0 Å². The van der Waals surface area contributed by atoms with Gasteiger partial charge in [0.15, 0.2) is 0 Å². The molecule has 0 amide bonds. The second kappa shape index (κ2) is 6.17. The Kier molecular flexibility index (Phi) is 4.54. The number of nitro groups is 1. The van der Waals surface area contributed by atoms with Crippen LogP contribution in [-0.4, -0.2) is 29.0 Å². The van der Waals surface area contributed by atoms with E-state index >= 15 is 0 Å².